The Bertz CT molecular complexity index is 774. The van der Waals surface area contributed by atoms with Crippen LogP contribution in [-0.2, 0) is 11.3 Å². The monoisotopic (exact) mass is 278 g/mol. The van der Waals surface area contributed by atoms with Crippen molar-refractivity contribution >= 4 is 16.7 Å². The molecule has 0 spiro atoms. The number of nitrogens with zero attached hydrogens (tertiary/aromatic N) is 2. The molecule has 0 saturated carbocycles. The number of hydrogen-bond donors (Lipinski definition) is 0. The summed E-state index contributed by atoms with van der Waals surface area (Å²) in [5.41, 5.74) is 3.37. The van der Waals surface area contributed by atoms with Gasteiger partial charge < -0.3 is 0 Å². The molecule has 2 aromatic carbocycles. The number of benzene rings is 2. The number of hydrogen-bond acceptors (Lipinski definition) is 2. The van der Waals surface area contributed by atoms with Crippen LogP contribution in [0.15, 0.2) is 54.7 Å². The summed E-state index contributed by atoms with van der Waals surface area (Å²) in [6.45, 7) is 4.33. The number of ketones is 1. The maximum atomic E-state index is 11.5. The molecule has 106 valence electrons. The van der Waals surface area contributed by atoms with Crippen LogP contribution in [0.2, 0.25) is 0 Å². The van der Waals surface area contributed by atoms with E-state index in [-0.39, 0.29) is 11.7 Å². The van der Waals surface area contributed by atoms with Crippen molar-refractivity contribution in [2.24, 2.45) is 0 Å². The quantitative estimate of drug-likeness (QED) is 0.728. The molecule has 0 fully saturated rings. The fraction of sp³-hybridized carbons (Fsp3) is 0.222. The van der Waals surface area contributed by atoms with Crippen LogP contribution in [0.3, 0.4) is 0 Å². The van der Waals surface area contributed by atoms with Gasteiger partial charge in [0.2, 0.25) is 0 Å². The van der Waals surface area contributed by atoms with Crippen LogP contribution in [0.4, 0.5) is 0 Å². The van der Waals surface area contributed by atoms with Crippen molar-refractivity contribution in [2.75, 3.05) is 0 Å². The van der Waals surface area contributed by atoms with Crippen LogP contribution >= 0.6 is 0 Å². The number of carbonyl (C=O) groups excluding carboxylic acids is 1. The molecule has 3 aromatic rings. The van der Waals surface area contributed by atoms with Gasteiger partial charge in [-0.3, -0.25) is 9.48 Å². The third kappa shape index (κ3) is 2.72. The first kappa shape index (κ1) is 13.6. The average molecular weight is 278 g/mol. The summed E-state index contributed by atoms with van der Waals surface area (Å²) in [7, 11) is 0. The van der Waals surface area contributed by atoms with Gasteiger partial charge >= 0.3 is 0 Å². The van der Waals surface area contributed by atoms with Crippen LogP contribution in [0.5, 0.6) is 0 Å². The van der Waals surface area contributed by atoms with Crippen molar-refractivity contribution in [2.45, 2.75) is 26.3 Å². The second-order valence-electron chi connectivity index (χ2n) is 5.44. The normalized spacial score (nSPS) is 12.5. The van der Waals surface area contributed by atoms with Crippen molar-refractivity contribution < 1.29 is 4.79 Å². The molecule has 1 aromatic heterocycles. The molecule has 21 heavy (non-hydrogen) atoms. The minimum absolute atomic E-state index is 0.0631. The Hall–Kier alpha value is -2.42. The summed E-state index contributed by atoms with van der Waals surface area (Å²) in [6.07, 6.45) is 1.87. The van der Waals surface area contributed by atoms with Crippen molar-refractivity contribution in [3.05, 3.63) is 65.9 Å². The lowest BCUT2D eigenvalue weighted by Gasteiger charge is -2.08. The number of fused-ring (bicyclic) bond motifs is 1. The van der Waals surface area contributed by atoms with Crippen molar-refractivity contribution in [3.8, 4) is 0 Å². The minimum atomic E-state index is -0.0631. The van der Waals surface area contributed by atoms with E-state index in [0.29, 0.717) is 0 Å². The zero-order valence-electron chi connectivity index (χ0n) is 12.3. The lowest BCUT2D eigenvalue weighted by molar-refractivity contribution is -0.118. The first-order chi connectivity index (χ1) is 10.1. The largest absolute Gasteiger partial charge is 0.299 e. The second kappa shape index (κ2) is 5.52. The molecule has 3 rings (SSSR count). The molecule has 1 atom stereocenters. The third-order valence-electron chi connectivity index (χ3n) is 3.95. The number of aromatic nitrogens is 2. The molecule has 1 heterocycles. The van der Waals surface area contributed by atoms with Crippen LogP contribution in [0, 0.1) is 0 Å². The number of Topliss-reactive ketones (excluding diaryl/α,β-unsaturated/α-hetero) is 1. The lowest BCUT2D eigenvalue weighted by Crippen LogP contribution is -2.04. The van der Waals surface area contributed by atoms with Gasteiger partial charge in [0, 0.05) is 11.3 Å². The van der Waals surface area contributed by atoms with E-state index in [4.69, 9.17) is 0 Å². The van der Waals surface area contributed by atoms with Crippen LogP contribution in [0.25, 0.3) is 10.9 Å². The zero-order valence-corrected chi connectivity index (χ0v) is 12.3. The molecule has 3 heteroatoms. The van der Waals surface area contributed by atoms with E-state index in [9.17, 15) is 4.79 Å². The highest BCUT2D eigenvalue weighted by Crippen LogP contribution is 2.22. The summed E-state index contributed by atoms with van der Waals surface area (Å²) in [6, 6.07) is 16.4. The fourth-order valence-electron chi connectivity index (χ4n) is 2.49. The summed E-state index contributed by atoms with van der Waals surface area (Å²) in [5, 5.41) is 5.55. The van der Waals surface area contributed by atoms with Gasteiger partial charge in [0.05, 0.1) is 18.3 Å². The Morgan fingerprint density at radius 3 is 2.67 bits per heavy atom. The molecule has 0 aliphatic rings. The highest BCUT2D eigenvalue weighted by atomic mass is 16.1. The molecule has 0 saturated heterocycles. The predicted octanol–water partition coefficient (Wildman–Crippen LogP) is 3.78. The van der Waals surface area contributed by atoms with E-state index < -0.39 is 0 Å². The van der Waals surface area contributed by atoms with Crippen LogP contribution in [0.1, 0.15) is 30.9 Å². The molecule has 0 bridgehead atoms. The van der Waals surface area contributed by atoms with E-state index in [0.717, 1.165) is 23.0 Å². The van der Waals surface area contributed by atoms with Gasteiger partial charge in [-0.05, 0) is 30.2 Å². The summed E-state index contributed by atoms with van der Waals surface area (Å²) >= 11 is 0. The Kier molecular flexibility index (Phi) is 3.57. The molecule has 1 unspecified atom stereocenters. The van der Waals surface area contributed by atoms with Gasteiger partial charge in [0.15, 0.2) is 0 Å². The smallest absolute Gasteiger partial charge is 0.136 e. The Morgan fingerprint density at radius 2 is 1.95 bits per heavy atom. The van der Waals surface area contributed by atoms with E-state index in [1.54, 1.807) is 6.92 Å². The van der Waals surface area contributed by atoms with Crippen molar-refractivity contribution in [1.29, 1.82) is 0 Å². The maximum absolute atomic E-state index is 11.5. The van der Waals surface area contributed by atoms with E-state index >= 15 is 0 Å². The average Bonchev–Trinajstić information content (AvgIpc) is 2.90. The predicted molar refractivity (Wildman–Crippen MR) is 84.4 cm³/mol. The molecule has 0 aliphatic carbocycles. The van der Waals surface area contributed by atoms with E-state index in [2.05, 4.69) is 29.4 Å². The van der Waals surface area contributed by atoms with Crippen LogP contribution in [-0.4, -0.2) is 15.6 Å². The molecule has 0 amide bonds. The van der Waals surface area contributed by atoms with E-state index in [1.807, 2.05) is 42.1 Å². The Balaban J connectivity index is 1.94. The van der Waals surface area contributed by atoms with Crippen LogP contribution < -0.4 is 0 Å². The minimum Gasteiger partial charge on any atom is -0.299 e. The Morgan fingerprint density at radius 1 is 1.19 bits per heavy atom. The highest BCUT2D eigenvalue weighted by Gasteiger charge is 2.12. The van der Waals surface area contributed by atoms with Crippen molar-refractivity contribution in [3.63, 3.8) is 0 Å². The molecule has 0 radical (unpaired) electrons. The summed E-state index contributed by atoms with van der Waals surface area (Å²) in [4.78, 5) is 11.5. The molecule has 0 N–H and O–H groups in total. The van der Waals surface area contributed by atoms with Gasteiger partial charge in [-0.1, -0.05) is 43.3 Å². The molecule has 0 aliphatic heterocycles. The SMILES string of the molecule is CC(=O)C(C)c1ccc2c(cnn2Cc2ccccc2)c1. The summed E-state index contributed by atoms with van der Waals surface area (Å²) < 4.78 is 1.99. The van der Waals surface area contributed by atoms with Crippen molar-refractivity contribution in [1.82, 2.24) is 9.78 Å². The highest BCUT2D eigenvalue weighted by molar-refractivity contribution is 5.86. The Labute approximate surface area is 124 Å². The first-order valence-corrected chi connectivity index (χ1v) is 7.15. The molecule has 3 nitrogen and oxygen atoms in total. The molecular weight excluding hydrogens is 260 g/mol. The van der Waals surface area contributed by atoms with Gasteiger partial charge in [-0.15, -0.1) is 0 Å². The van der Waals surface area contributed by atoms with Gasteiger partial charge in [-0.2, -0.15) is 5.10 Å². The van der Waals surface area contributed by atoms with Gasteiger partial charge in [0.1, 0.15) is 5.78 Å². The lowest BCUT2D eigenvalue weighted by atomic mass is 9.97. The number of rotatable bonds is 4. The zero-order chi connectivity index (χ0) is 14.8. The number of carbonyl (C=O) groups is 1. The van der Waals surface area contributed by atoms with Gasteiger partial charge in [0.25, 0.3) is 0 Å². The fourth-order valence-corrected chi connectivity index (χ4v) is 2.49. The van der Waals surface area contributed by atoms with Gasteiger partial charge in [-0.25, -0.2) is 0 Å². The van der Waals surface area contributed by atoms with E-state index in [1.165, 1.54) is 5.56 Å². The summed E-state index contributed by atoms with van der Waals surface area (Å²) in [5.74, 6) is 0.123. The topological polar surface area (TPSA) is 34.9 Å². The maximum Gasteiger partial charge on any atom is 0.136 e. The first-order valence-electron chi connectivity index (χ1n) is 7.15. The second-order valence-corrected chi connectivity index (χ2v) is 5.44. The standard InChI is InChI=1S/C18H18N2O/c1-13(14(2)21)16-8-9-18-17(10-16)11-19-20(18)12-15-6-4-3-5-7-15/h3-11,13H,12H2,1-2H3. The molecular formula is C18H18N2O. The third-order valence-corrected chi connectivity index (χ3v) is 3.95.